The number of tetrazole rings is 1. The number of benzene rings is 2. The maximum absolute atomic E-state index is 13.2. The molecule has 0 aliphatic heterocycles. The highest BCUT2D eigenvalue weighted by molar-refractivity contribution is 8.00. The maximum Gasteiger partial charge on any atom is 0.418 e. The monoisotopic (exact) mass is 443 g/mol. The van der Waals surface area contributed by atoms with Gasteiger partial charge in [0.2, 0.25) is 11.1 Å². The number of hydrogen-bond acceptors (Lipinski definition) is 6. The molecule has 0 bridgehead atoms. The molecule has 152 valence electrons. The minimum absolute atomic E-state index is 0.0622. The van der Waals surface area contributed by atoms with Crippen LogP contribution in [0.3, 0.4) is 0 Å². The summed E-state index contributed by atoms with van der Waals surface area (Å²) < 4.78 is 40.9. The first-order valence-electron chi connectivity index (χ1n) is 8.07. The van der Waals surface area contributed by atoms with Crippen molar-refractivity contribution in [2.75, 3.05) is 5.32 Å². The number of thioether (sulfide) groups is 1. The first-order chi connectivity index (χ1) is 13.6. The third-order valence-electron chi connectivity index (χ3n) is 3.73. The van der Waals surface area contributed by atoms with E-state index in [9.17, 15) is 23.1 Å². The third kappa shape index (κ3) is 4.98. The van der Waals surface area contributed by atoms with Gasteiger partial charge in [-0.1, -0.05) is 23.4 Å². The summed E-state index contributed by atoms with van der Waals surface area (Å²) in [6.45, 7) is 1.51. The van der Waals surface area contributed by atoms with E-state index >= 15 is 0 Å². The highest BCUT2D eigenvalue weighted by Crippen LogP contribution is 2.37. The number of hydrogen-bond donors (Lipinski definition) is 2. The molecular formula is C17H13ClF3N5O2S. The summed E-state index contributed by atoms with van der Waals surface area (Å²) in [5.74, 6) is -0.602. The number of aromatic nitrogens is 4. The fourth-order valence-electron chi connectivity index (χ4n) is 2.31. The van der Waals surface area contributed by atoms with Crippen LogP contribution in [-0.4, -0.2) is 36.5 Å². The molecule has 0 spiro atoms. The van der Waals surface area contributed by atoms with E-state index in [1.54, 1.807) is 12.1 Å². The molecule has 0 saturated carbocycles. The first kappa shape index (κ1) is 20.9. The zero-order valence-electron chi connectivity index (χ0n) is 14.7. The van der Waals surface area contributed by atoms with Crippen molar-refractivity contribution in [1.29, 1.82) is 0 Å². The second-order valence-electron chi connectivity index (χ2n) is 5.83. The van der Waals surface area contributed by atoms with Crippen molar-refractivity contribution in [3.05, 3.63) is 53.1 Å². The van der Waals surface area contributed by atoms with Crippen LogP contribution < -0.4 is 5.32 Å². The molecule has 1 atom stereocenters. The number of anilines is 1. The number of phenolic OH excluding ortho intramolecular Hbond substituents is 1. The van der Waals surface area contributed by atoms with Crippen molar-refractivity contribution in [3.63, 3.8) is 0 Å². The van der Waals surface area contributed by atoms with E-state index < -0.39 is 28.6 Å². The van der Waals surface area contributed by atoms with Crippen molar-refractivity contribution in [2.24, 2.45) is 0 Å². The zero-order chi connectivity index (χ0) is 21.2. The van der Waals surface area contributed by atoms with Crippen LogP contribution in [0.1, 0.15) is 12.5 Å². The van der Waals surface area contributed by atoms with Gasteiger partial charge in [-0.15, -0.1) is 5.10 Å². The maximum atomic E-state index is 13.2. The van der Waals surface area contributed by atoms with Crippen LogP contribution >= 0.6 is 23.4 Å². The topological polar surface area (TPSA) is 92.9 Å². The van der Waals surface area contributed by atoms with E-state index in [-0.39, 0.29) is 15.9 Å². The van der Waals surface area contributed by atoms with E-state index in [2.05, 4.69) is 20.8 Å². The second-order valence-corrected chi connectivity index (χ2v) is 7.57. The molecule has 0 saturated heterocycles. The fourth-order valence-corrected chi connectivity index (χ4v) is 3.29. The molecule has 0 fully saturated rings. The molecule has 2 aromatic carbocycles. The van der Waals surface area contributed by atoms with Gasteiger partial charge in [0.1, 0.15) is 5.75 Å². The van der Waals surface area contributed by atoms with Gasteiger partial charge in [-0.2, -0.15) is 17.9 Å². The molecule has 2 N–H and O–H groups in total. The van der Waals surface area contributed by atoms with Gasteiger partial charge in [-0.3, -0.25) is 4.79 Å². The van der Waals surface area contributed by atoms with Crippen LogP contribution in [0.25, 0.3) is 5.69 Å². The summed E-state index contributed by atoms with van der Waals surface area (Å²) >= 11 is 6.61. The number of carbonyl (C=O) groups is 1. The molecule has 1 heterocycles. The third-order valence-corrected chi connectivity index (χ3v) is 5.00. The van der Waals surface area contributed by atoms with E-state index in [1.165, 1.54) is 29.8 Å². The van der Waals surface area contributed by atoms with E-state index in [4.69, 9.17) is 11.6 Å². The molecule has 1 amide bonds. The Bertz CT molecular complexity index is 1030. The quantitative estimate of drug-likeness (QED) is 0.575. The molecule has 0 aliphatic carbocycles. The summed E-state index contributed by atoms with van der Waals surface area (Å²) in [7, 11) is 0. The van der Waals surface area contributed by atoms with Crippen LogP contribution in [0.5, 0.6) is 5.75 Å². The van der Waals surface area contributed by atoms with Crippen LogP contribution in [0.15, 0.2) is 47.6 Å². The average Bonchev–Trinajstić information content (AvgIpc) is 3.11. The van der Waals surface area contributed by atoms with E-state index in [0.29, 0.717) is 5.69 Å². The normalized spacial score (nSPS) is 12.6. The van der Waals surface area contributed by atoms with Crippen molar-refractivity contribution in [2.45, 2.75) is 23.5 Å². The zero-order valence-corrected chi connectivity index (χ0v) is 16.3. The largest absolute Gasteiger partial charge is 0.508 e. The molecule has 0 aliphatic rings. The standard InChI is InChI=1S/C17H13ClF3N5O2S/c1-9(15(28)22-14-7-2-10(18)8-13(14)17(19,20)21)29-16-23-24-25-26(16)11-3-5-12(27)6-4-11/h2-9,27H,1H3,(H,22,28). The summed E-state index contributed by atoms with van der Waals surface area (Å²) in [6.07, 6.45) is -4.67. The molecule has 1 unspecified atom stereocenters. The molecule has 12 heteroatoms. The predicted octanol–water partition coefficient (Wildman–Crippen LogP) is 4.16. The number of amides is 1. The SMILES string of the molecule is CC(Sc1nnnn1-c1ccc(O)cc1)C(=O)Nc1ccc(Cl)cc1C(F)(F)F. The number of nitrogens with one attached hydrogen (secondary N) is 1. The number of phenols is 1. The number of alkyl halides is 3. The highest BCUT2D eigenvalue weighted by atomic mass is 35.5. The predicted molar refractivity (Wildman–Crippen MR) is 101 cm³/mol. The van der Waals surface area contributed by atoms with E-state index in [0.717, 1.165) is 23.9 Å². The summed E-state index contributed by atoms with van der Waals surface area (Å²) in [5.41, 5.74) is -0.887. The van der Waals surface area contributed by atoms with Crippen molar-refractivity contribution >= 4 is 35.0 Å². The number of nitrogens with zero attached hydrogens (tertiary/aromatic N) is 4. The molecule has 7 nitrogen and oxygen atoms in total. The van der Waals surface area contributed by atoms with Gasteiger partial charge in [0.15, 0.2) is 0 Å². The van der Waals surface area contributed by atoms with Crippen molar-refractivity contribution in [3.8, 4) is 11.4 Å². The Morgan fingerprint density at radius 2 is 1.93 bits per heavy atom. The minimum atomic E-state index is -4.67. The van der Waals surface area contributed by atoms with Gasteiger partial charge in [0.25, 0.3) is 0 Å². The molecule has 1 aromatic heterocycles. The number of rotatable bonds is 5. The smallest absolute Gasteiger partial charge is 0.418 e. The molecule has 3 rings (SSSR count). The average molecular weight is 444 g/mol. The number of aromatic hydroxyl groups is 1. The lowest BCUT2D eigenvalue weighted by Gasteiger charge is -2.16. The van der Waals surface area contributed by atoms with Gasteiger partial charge < -0.3 is 10.4 Å². The molecular weight excluding hydrogens is 431 g/mol. The van der Waals surface area contributed by atoms with Crippen LogP contribution in [0.2, 0.25) is 5.02 Å². The molecule has 0 radical (unpaired) electrons. The fraction of sp³-hybridized carbons (Fsp3) is 0.176. The van der Waals surface area contributed by atoms with Gasteiger partial charge in [-0.05, 0) is 59.8 Å². The van der Waals surface area contributed by atoms with Gasteiger partial charge in [0, 0.05) is 5.02 Å². The Hall–Kier alpha value is -2.79. The van der Waals surface area contributed by atoms with Crippen molar-refractivity contribution < 1.29 is 23.1 Å². The lowest BCUT2D eigenvalue weighted by Crippen LogP contribution is -2.24. The Balaban J connectivity index is 1.76. The Morgan fingerprint density at radius 1 is 1.24 bits per heavy atom. The van der Waals surface area contributed by atoms with Crippen molar-refractivity contribution in [1.82, 2.24) is 20.2 Å². The van der Waals surface area contributed by atoms with Gasteiger partial charge in [0.05, 0.1) is 22.2 Å². The number of halogens is 4. The summed E-state index contributed by atoms with van der Waals surface area (Å²) in [4.78, 5) is 12.5. The van der Waals surface area contributed by atoms with Gasteiger partial charge >= 0.3 is 6.18 Å². The highest BCUT2D eigenvalue weighted by Gasteiger charge is 2.34. The first-order valence-corrected chi connectivity index (χ1v) is 9.33. The summed E-state index contributed by atoms with van der Waals surface area (Å²) in [5, 5.41) is 22.2. The van der Waals surface area contributed by atoms with Crippen LogP contribution in [-0.2, 0) is 11.0 Å². The molecule has 3 aromatic rings. The number of carbonyl (C=O) groups excluding carboxylic acids is 1. The second kappa shape index (κ2) is 8.29. The van der Waals surface area contributed by atoms with Crippen LogP contribution in [0, 0.1) is 0 Å². The Morgan fingerprint density at radius 3 is 2.59 bits per heavy atom. The van der Waals surface area contributed by atoms with E-state index in [1.807, 2.05) is 0 Å². The van der Waals surface area contributed by atoms with Gasteiger partial charge in [-0.25, -0.2) is 0 Å². The lowest BCUT2D eigenvalue weighted by molar-refractivity contribution is -0.137. The Labute approximate surface area is 171 Å². The Kier molecular flexibility index (Phi) is 5.99. The lowest BCUT2D eigenvalue weighted by atomic mass is 10.1. The van der Waals surface area contributed by atoms with Crippen LogP contribution in [0.4, 0.5) is 18.9 Å². The summed E-state index contributed by atoms with van der Waals surface area (Å²) in [6, 6.07) is 9.14. The molecule has 29 heavy (non-hydrogen) atoms. The minimum Gasteiger partial charge on any atom is -0.508 e.